The second kappa shape index (κ2) is 22.8. The molecule has 168 valence electrons. The Morgan fingerprint density at radius 2 is 1.21 bits per heavy atom. The average Bonchev–Trinajstić information content (AvgIpc) is 2.71. The zero-order chi connectivity index (χ0) is 21.4. The highest BCUT2D eigenvalue weighted by Gasteiger charge is 1.95. The average molecular weight is 406 g/mol. The quantitative estimate of drug-likeness (QED) is 0.239. The molecule has 1 rings (SSSR count). The van der Waals surface area contributed by atoms with Gasteiger partial charge in [0, 0.05) is 18.8 Å². The molecule has 0 saturated carbocycles. The zero-order valence-corrected chi connectivity index (χ0v) is 19.3. The molecule has 0 aliphatic carbocycles. The van der Waals surface area contributed by atoms with Crippen molar-refractivity contribution in [3.05, 3.63) is 36.2 Å². The second-order valence-corrected chi connectivity index (χ2v) is 8.13. The fraction of sp³-hybridized carbons (Fsp3) is 0.731. The first-order chi connectivity index (χ1) is 14.2. The van der Waals surface area contributed by atoms with Gasteiger partial charge in [-0.15, -0.1) is 0 Å². The number of hydrogen-bond donors (Lipinski definition) is 2. The molecular formula is C26H47NO2. The van der Waals surface area contributed by atoms with Crippen molar-refractivity contribution >= 4 is 5.97 Å². The molecule has 0 aromatic carbocycles. The normalized spacial score (nSPS) is 13.8. The van der Waals surface area contributed by atoms with E-state index in [4.69, 9.17) is 9.90 Å². The van der Waals surface area contributed by atoms with Gasteiger partial charge >= 0.3 is 0 Å². The fourth-order valence-corrected chi connectivity index (χ4v) is 3.48. The first kappa shape index (κ1) is 27.5. The van der Waals surface area contributed by atoms with Crippen molar-refractivity contribution in [1.29, 1.82) is 0 Å². The summed E-state index contributed by atoms with van der Waals surface area (Å²) in [6, 6.07) is 0. The molecule has 2 N–H and O–H groups in total. The van der Waals surface area contributed by atoms with Crippen LogP contribution in [0, 0.1) is 0 Å². The summed E-state index contributed by atoms with van der Waals surface area (Å²) < 4.78 is 0. The molecule has 0 aromatic rings. The minimum absolute atomic E-state index is 0.833. The highest BCUT2D eigenvalue weighted by Crippen LogP contribution is 2.14. The van der Waals surface area contributed by atoms with Gasteiger partial charge in [0.2, 0.25) is 0 Å². The van der Waals surface area contributed by atoms with Gasteiger partial charge in [-0.2, -0.15) is 0 Å². The lowest BCUT2D eigenvalue weighted by Crippen LogP contribution is -2.04. The van der Waals surface area contributed by atoms with Crippen LogP contribution in [0.2, 0.25) is 0 Å². The van der Waals surface area contributed by atoms with Crippen molar-refractivity contribution in [1.82, 2.24) is 5.32 Å². The number of hydrogen-bond acceptors (Lipinski definition) is 2. The van der Waals surface area contributed by atoms with Gasteiger partial charge < -0.3 is 10.4 Å². The largest absolute Gasteiger partial charge is 0.481 e. The van der Waals surface area contributed by atoms with Crippen LogP contribution in [-0.4, -0.2) is 11.1 Å². The first-order valence-electron chi connectivity index (χ1n) is 12.2. The lowest BCUT2D eigenvalue weighted by atomic mass is 10.0. The van der Waals surface area contributed by atoms with E-state index in [0.717, 1.165) is 6.92 Å². The Balaban J connectivity index is 0.00000178. The van der Waals surface area contributed by atoms with Crippen molar-refractivity contribution in [3.8, 4) is 0 Å². The number of rotatable bonds is 17. The predicted molar refractivity (Wildman–Crippen MR) is 127 cm³/mol. The van der Waals surface area contributed by atoms with Gasteiger partial charge in [-0.3, -0.25) is 4.79 Å². The standard InChI is InChI=1S/C24H43N.C2H4O2/c1-2-3-4-5-6-7-8-9-10-11-12-13-14-15-16-17-18-21-24-22-19-20-23-25-24;1-2(3)4/h19-23,25H,2-18H2,1H3;1H3,(H,3,4). The van der Waals surface area contributed by atoms with Crippen LogP contribution in [0.25, 0.3) is 0 Å². The van der Waals surface area contributed by atoms with Crippen molar-refractivity contribution in [2.45, 2.75) is 123 Å². The highest BCUT2D eigenvalue weighted by molar-refractivity contribution is 5.62. The molecule has 0 amide bonds. The number of aliphatic carboxylic acids is 1. The van der Waals surface area contributed by atoms with Crippen LogP contribution >= 0.6 is 0 Å². The van der Waals surface area contributed by atoms with Crippen LogP contribution in [0.4, 0.5) is 0 Å². The monoisotopic (exact) mass is 405 g/mol. The number of dihydropyridines is 1. The van der Waals surface area contributed by atoms with Gasteiger partial charge in [0.05, 0.1) is 0 Å². The number of carboxylic acid groups (broad SMARTS) is 1. The Morgan fingerprint density at radius 1 is 0.793 bits per heavy atom. The van der Waals surface area contributed by atoms with Crippen molar-refractivity contribution in [2.75, 3.05) is 0 Å². The summed E-state index contributed by atoms with van der Waals surface area (Å²) in [4.78, 5) is 9.00. The molecule has 0 saturated heterocycles. The Hall–Kier alpha value is -1.51. The molecule has 0 bridgehead atoms. The van der Waals surface area contributed by atoms with E-state index >= 15 is 0 Å². The number of carboxylic acids is 1. The summed E-state index contributed by atoms with van der Waals surface area (Å²) in [5.74, 6) is -0.833. The number of nitrogens with one attached hydrogen (secondary N) is 1. The summed E-state index contributed by atoms with van der Waals surface area (Å²) >= 11 is 0. The Kier molecular flexibility index (Phi) is 21.6. The van der Waals surface area contributed by atoms with Gasteiger partial charge in [0.1, 0.15) is 0 Å². The van der Waals surface area contributed by atoms with Crippen LogP contribution in [0.1, 0.15) is 123 Å². The van der Waals surface area contributed by atoms with Gasteiger partial charge in [-0.1, -0.05) is 115 Å². The lowest BCUT2D eigenvalue weighted by molar-refractivity contribution is -0.134. The van der Waals surface area contributed by atoms with E-state index in [2.05, 4.69) is 30.5 Å². The van der Waals surface area contributed by atoms with Crippen molar-refractivity contribution in [3.63, 3.8) is 0 Å². The molecule has 3 heteroatoms. The molecule has 0 spiro atoms. The molecule has 0 radical (unpaired) electrons. The van der Waals surface area contributed by atoms with E-state index < -0.39 is 5.97 Å². The Labute approximate surface area is 180 Å². The maximum Gasteiger partial charge on any atom is 0.300 e. The van der Waals surface area contributed by atoms with Crippen LogP contribution in [0.5, 0.6) is 0 Å². The topological polar surface area (TPSA) is 49.3 Å². The van der Waals surface area contributed by atoms with E-state index in [0.29, 0.717) is 0 Å². The third kappa shape index (κ3) is 24.5. The van der Waals surface area contributed by atoms with E-state index in [1.165, 1.54) is 115 Å². The highest BCUT2D eigenvalue weighted by atomic mass is 16.4. The van der Waals surface area contributed by atoms with Crippen LogP contribution in [0.3, 0.4) is 0 Å². The van der Waals surface area contributed by atoms with Crippen LogP contribution < -0.4 is 5.32 Å². The van der Waals surface area contributed by atoms with E-state index in [1.54, 1.807) is 0 Å². The summed E-state index contributed by atoms with van der Waals surface area (Å²) in [6.07, 6.45) is 34.9. The Bertz CT molecular complexity index is 448. The molecule has 29 heavy (non-hydrogen) atoms. The maximum absolute atomic E-state index is 9.00. The molecule has 0 aromatic heterocycles. The minimum Gasteiger partial charge on any atom is -0.481 e. The summed E-state index contributed by atoms with van der Waals surface area (Å²) in [7, 11) is 0. The first-order valence-corrected chi connectivity index (χ1v) is 12.2. The smallest absolute Gasteiger partial charge is 0.300 e. The van der Waals surface area contributed by atoms with Gasteiger partial charge in [-0.05, 0) is 25.0 Å². The van der Waals surface area contributed by atoms with E-state index in [9.17, 15) is 0 Å². The molecular weight excluding hydrogens is 358 g/mol. The van der Waals surface area contributed by atoms with Gasteiger partial charge in [0.15, 0.2) is 0 Å². The number of allylic oxidation sites excluding steroid dienone is 4. The van der Waals surface area contributed by atoms with Gasteiger partial charge in [-0.25, -0.2) is 0 Å². The van der Waals surface area contributed by atoms with Gasteiger partial charge in [0.25, 0.3) is 5.97 Å². The fourth-order valence-electron chi connectivity index (χ4n) is 3.48. The zero-order valence-electron chi connectivity index (χ0n) is 19.3. The second-order valence-electron chi connectivity index (χ2n) is 8.13. The third-order valence-electron chi connectivity index (χ3n) is 5.16. The molecule has 0 unspecified atom stereocenters. The molecule has 1 aliphatic rings. The summed E-state index contributed by atoms with van der Waals surface area (Å²) in [5, 5.41) is 10.7. The van der Waals surface area contributed by atoms with Crippen LogP contribution in [-0.2, 0) is 4.79 Å². The molecule has 3 nitrogen and oxygen atoms in total. The number of unbranched alkanes of at least 4 members (excludes halogenated alkanes) is 16. The van der Waals surface area contributed by atoms with Crippen molar-refractivity contribution in [2.24, 2.45) is 0 Å². The third-order valence-corrected chi connectivity index (χ3v) is 5.16. The lowest BCUT2D eigenvalue weighted by Gasteiger charge is -2.05. The number of carbonyl (C=O) groups is 1. The Morgan fingerprint density at radius 3 is 1.59 bits per heavy atom. The molecule has 0 fully saturated rings. The molecule has 1 heterocycles. The molecule has 1 aliphatic heterocycles. The van der Waals surface area contributed by atoms with Crippen LogP contribution in [0.15, 0.2) is 36.2 Å². The maximum atomic E-state index is 9.00. The summed E-state index contributed by atoms with van der Waals surface area (Å²) in [5.41, 5.74) is 1.25. The molecule has 0 atom stereocenters. The van der Waals surface area contributed by atoms with E-state index in [-0.39, 0.29) is 0 Å². The van der Waals surface area contributed by atoms with Crippen molar-refractivity contribution < 1.29 is 9.90 Å². The predicted octanol–water partition coefficient (Wildman–Crippen LogP) is 8.29. The summed E-state index contributed by atoms with van der Waals surface area (Å²) in [6.45, 7) is 3.38. The van der Waals surface area contributed by atoms with E-state index in [1.807, 2.05) is 12.3 Å². The SMILES string of the molecule is CC(=O)O.CCCCCCCCCCCCCCCCCCC=C1C=CC=CN1. The minimum atomic E-state index is -0.833.